The summed E-state index contributed by atoms with van der Waals surface area (Å²) in [5.41, 5.74) is 7.74. The minimum Gasteiger partial charge on any atom is -0.390 e. The fourth-order valence-corrected chi connectivity index (χ4v) is 1.28. The third-order valence-electron chi connectivity index (χ3n) is 2.11. The predicted octanol–water partition coefficient (Wildman–Crippen LogP) is 1.23. The van der Waals surface area contributed by atoms with E-state index in [4.69, 9.17) is 10.2 Å². The van der Waals surface area contributed by atoms with E-state index in [0.29, 0.717) is 5.95 Å². The van der Waals surface area contributed by atoms with Gasteiger partial charge in [-0.25, -0.2) is 4.99 Å². The second-order valence-electron chi connectivity index (χ2n) is 3.48. The molecule has 1 heterocycles. The molecule has 0 radical (unpaired) electrons. The van der Waals surface area contributed by atoms with Crippen molar-refractivity contribution in [3.05, 3.63) is 35.5 Å². The maximum absolute atomic E-state index is 5.49. The number of anilines is 3. The van der Waals surface area contributed by atoms with Gasteiger partial charge in [0, 0.05) is 12.7 Å². The fourth-order valence-electron chi connectivity index (χ4n) is 1.28. The topological polar surface area (TPSA) is 89.3 Å². The maximum atomic E-state index is 5.49. The van der Waals surface area contributed by atoms with Crippen LogP contribution < -0.4 is 16.7 Å². The van der Waals surface area contributed by atoms with Crippen LogP contribution in [0.1, 0.15) is 5.56 Å². The maximum Gasteiger partial charge on any atom is 0.322 e. The van der Waals surface area contributed by atoms with Gasteiger partial charge in [0.1, 0.15) is 0 Å². The third kappa shape index (κ3) is 2.81. The minimum absolute atomic E-state index is 0.0233. The van der Waals surface area contributed by atoms with Crippen molar-refractivity contribution >= 4 is 17.7 Å². The number of nitrogens with zero attached hydrogens (tertiary/aromatic N) is 3. The molecule has 0 bridgehead atoms. The van der Waals surface area contributed by atoms with Crippen LogP contribution in [0.4, 0.5) is 17.7 Å². The number of benzene rings is 1. The van der Waals surface area contributed by atoms with Gasteiger partial charge in [0.05, 0.1) is 0 Å². The summed E-state index contributed by atoms with van der Waals surface area (Å²) >= 11 is 0. The molecular formula is C11H13N5O. The van der Waals surface area contributed by atoms with Gasteiger partial charge in [-0.15, -0.1) is 0 Å². The summed E-state index contributed by atoms with van der Waals surface area (Å²) in [6.45, 7) is 2.02. The molecule has 0 saturated carbocycles. The molecule has 6 nitrogen and oxygen atoms in total. The predicted molar refractivity (Wildman–Crippen MR) is 64.7 cm³/mol. The van der Waals surface area contributed by atoms with E-state index in [-0.39, 0.29) is 11.7 Å². The molecule has 6 heteroatoms. The highest BCUT2D eigenvalue weighted by atomic mass is 16.4. The number of nitrogens with two attached hydrogens (primary N) is 1. The highest BCUT2D eigenvalue weighted by Crippen LogP contribution is 2.12. The van der Waals surface area contributed by atoms with Crippen LogP contribution >= 0.6 is 0 Å². The zero-order valence-corrected chi connectivity index (χ0v) is 9.64. The number of hydrogen-bond donors (Lipinski definition) is 2. The van der Waals surface area contributed by atoms with Crippen molar-refractivity contribution in [3.63, 3.8) is 0 Å². The summed E-state index contributed by atoms with van der Waals surface area (Å²) in [7, 11) is 1.57. The summed E-state index contributed by atoms with van der Waals surface area (Å²) in [5.74, 6) is 0.359. The van der Waals surface area contributed by atoms with E-state index >= 15 is 0 Å². The molecular weight excluding hydrogens is 218 g/mol. The number of nitrogen functional groups attached to an aromatic ring is 1. The molecule has 0 aliphatic heterocycles. The standard InChI is InChI=1S/C11H13N5O/c1-7-3-5-8(6-4-7)14-10-15-9(12)17-11(13-2)16-10/h3-6H,1-2H3,(H3,12,13,14,15,16). The molecule has 1 aromatic carbocycles. The molecule has 0 fully saturated rings. The van der Waals surface area contributed by atoms with Crippen molar-refractivity contribution in [1.29, 1.82) is 0 Å². The fraction of sp³-hybridized carbons (Fsp3) is 0.182. The third-order valence-corrected chi connectivity index (χ3v) is 2.11. The van der Waals surface area contributed by atoms with E-state index in [1.54, 1.807) is 7.05 Å². The van der Waals surface area contributed by atoms with Gasteiger partial charge in [0.15, 0.2) is 0 Å². The average molecular weight is 231 g/mol. The molecule has 0 spiro atoms. The SMILES string of the molecule is CN=c1nc(Nc2ccc(C)cc2)nc(N)o1. The second-order valence-corrected chi connectivity index (χ2v) is 3.48. The van der Waals surface area contributed by atoms with Crippen molar-refractivity contribution in [2.75, 3.05) is 18.1 Å². The summed E-state index contributed by atoms with van der Waals surface area (Å²) < 4.78 is 4.97. The average Bonchev–Trinajstić information content (AvgIpc) is 2.31. The Labute approximate surface area is 98.2 Å². The molecule has 0 amide bonds. The molecule has 88 valence electrons. The van der Waals surface area contributed by atoms with E-state index in [2.05, 4.69) is 20.3 Å². The zero-order chi connectivity index (χ0) is 12.3. The Morgan fingerprint density at radius 2 is 1.94 bits per heavy atom. The van der Waals surface area contributed by atoms with E-state index < -0.39 is 0 Å². The Morgan fingerprint density at radius 3 is 2.59 bits per heavy atom. The summed E-state index contributed by atoms with van der Waals surface area (Å²) in [4.78, 5) is 11.8. The Morgan fingerprint density at radius 1 is 1.24 bits per heavy atom. The molecule has 0 saturated heterocycles. The minimum atomic E-state index is 0.0233. The highest BCUT2D eigenvalue weighted by molar-refractivity contribution is 5.53. The highest BCUT2D eigenvalue weighted by Gasteiger charge is 2.01. The Balaban J connectivity index is 2.30. The van der Waals surface area contributed by atoms with Crippen LogP contribution in [0.15, 0.2) is 33.7 Å². The lowest BCUT2D eigenvalue weighted by Gasteiger charge is -2.04. The number of aromatic nitrogens is 2. The van der Waals surface area contributed by atoms with E-state index in [0.717, 1.165) is 5.69 Å². The van der Waals surface area contributed by atoms with E-state index in [1.165, 1.54) is 5.56 Å². The first-order valence-corrected chi connectivity index (χ1v) is 5.08. The van der Waals surface area contributed by atoms with Gasteiger partial charge in [0.2, 0.25) is 5.95 Å². The molecule has 17 heavy (non-hydrogen) atoms. The van der Waals surface area contributed by atoms with Crippen LogP contribution in [0.25, 0.3) is 0 Å². The molecule has 0 atom stereocenters. The molecule has 1 aromatic heterocycles. The van der Waals surface area contributed by atoms with Crippen molar-refractivity contribution in [2.24, 2.45) is 4.99 Å². The molecule has 3 N–H and O–H groups in total. The van der Waals surface area contributed by atoms with Crippen LogP contribution in [0.3, 0.4) is 0 Å². The normalized spacial score (nSPS) is 11.5. The van der Waals surface area contributed by atoms with Crippen molar-refractivity contribution in [2.45, 2.75) is 6.92 Å². The monoisotopic (exact) mass is 231 g/mol. The Kier molecular flexibility index (Phi) is 3.04. The van der Waals surface area contributed by atoms with Crippen LogP contribution in [0.2, 0.25) is 0 Å². The Bertz CT molecular complexity index is 573. The molecule has 2 rings (SSSR count). The zero-order valence-electron chi connectivity index (χ0n) is 9.64. The van der Waals surface area contributed by atoms with Gasteiger partial charge in [-0.05, 0) is 19.1 Å². The lowest BCUT2D eigenvalue weighted by molar-refractivity contribution is 0.468. The lowest BCUT2D eigenvalue weighted by atomic mass is 10.2. The second kappa shape index (κ2) is 4.65. The van der Waals surface area contributed by atoms with Crippen LogP contribution in [-0.4, -0.2) is 17.0 Å². The number of rotatable bonds is 2. The van der Waals surface area contributed by atoms with Gasteiger partial charge in [-0.3, -0.25) is 0 Å². The van der Waals surface area contributed by atoms with Crippen molar-refractivity contribution < 1.29 is 4.42 Å². The first-order chi connectivity index (χ1) is 8.17. The summed E-state index contributed by atoms with van der Waals surface area (Å²) in [6.07, 6.45) is 0. The van der Waals surface area contributed by atoms with Crippen molar-refractivity contribution in [1.82, 2.24) is 9.97 Å². The van der Waals surface area contributed by atoms with E-state index in [9.17, 15) is 0 Å². The quantitative estimate of drug-likeness (QED) is 0.811. The smallest absolute Gasteiger partial charge is 0.322 e. The number of hydrogen-bond acceptors (Lipinski definition) is 6. The van der Waals surface area contributed by atoms with Gasteiger partial charge >= 0.3 is 5.68 Å². The van der Waals surface area contributed by atoms with Gasteiger partial charge < -0.3 is 15.5 Å². The van der Waals surface area contributed by atoms with Gasteiger partial charge in [0.25, 0.3) is 6.01 Å². The van der Waals surface area contributed by atoms with E-state index in [1.807, 2.05) is 31.2 Å². The van der Waals surface area contributed by atoms with Gasteiger partial charge in [-0.1, -0.05) is 17.7 Å². The lowest BCUT2D eigenvalue weighted by Crippen LogP contribution is -2.13. The summed E-state index contributed by atoms with van der Waals surface area (Å²) in [6, 6.07) is 7.87. The largest absolute Gasteiger partial charge is 0.390 e. The molecule has 0 aliphatic carbocycles. The number of aryl methyl sites for hydroxylation is 1. The molecule has 2 aromatic rings. The van der Waals surface area contributed by atoms with Crippen LogP contribution in [0.5, 0.6) is 0 Å². The first kappa shape index (κ1) is 11.1. The van der Waals surface area contributed by atoms with Gasteiger partial charge in [-0.2, -0.15) is 9.97 Å². The Hall–Kier alpha value is -2.37. The number of nitrogens with one attached hydrogen (secondary N) is 1. The first-order valence-electron chi connectivity index (χ1n) is 5.08. The molecule has 0 aliphatic rings. The summed E-state index contributed by atoms with van der Waals surface area (Å²) in [5, 5.41) is 3.02. The molecule has 0 unspecified atom stereocenters. The van der Waals surface area contributed by atoms with Crippen LogP contribution in [-0.2, 0) is 0 Å². The van der Waals surface area contributed by atoms with Crippen molar-refractivity contribution in [3.8, 4) is 0 Å². The van der Waals surface area contributed by atoms with Crippen LogP contribution in [0, 0.1) is 6.92 Å².